The molecule has 1 saturated carbocycles. The zero-order valence-corrected chi connectivity index (χ0v) is 16.4. The number of pyridine rings is 1. The standard InChI is InChI=1S/C19H26N4O2.ClH/c1-4-5-15-17-14(19(24)23-9-8-20-11(2)12(23)3)10-16(13-6-7-13)21-18(17)25-22-15;/h10-13,20H,4-9H2,1-3H3;1H. The number of amides is 1. The van der Waals surface area contributed by atoms with Crippen molar-refractivity contribution < 1.29 is 9.32 Å². The van der Waals surface area contributed by atoms with Crippen LogP contribution in [0.25, 0.3) is 11.1 Å². The van der Waals surface area contributed by atoms with E-state index < -0.39 is 0 Å². The summed E-state index contributed by atoms with van der Waals surface area (Å²) in [7, 11) is 0. The highest BCUT2D eigenvalue weighted by molar-refractivity contribution is 6.06. The van der Waals surface area contributed by atoms with Gasteiger partial charge in [-0.2, -0.15) is 0 Å². The van der Waals surface area contributed by atoms with Crippen LogP contribution in [0.4, 0.5) is 0 Å². The van der Waals surface area contributed by atoms with Gasteiger partial charge >= 0.3 is 0 Å². The summed E-state index contributed by atoms with van der Waals surface area (Å²) in [6.45, 7) is 7.89. The lowest BCUT2D eigenvalue weighted by atomic mass is 10.0. The molecule has 0 aromatic carbocycles. The molecule has 1 aliphatic heterocycles. The molecule has 2 fully saturated rings. The molecule has 0 bridgehead atoms. The fraction of sp³-hybridized carbons (Fsp3) is 0.632. The van der Waals surface area contributed by atoms with Crippen molar-refractivity contribution in [2.45, 2.75) is 64.5 Å². The van der Waals surface area contributed by atoms with Gasteiger partial charge < -0.3 is 14.7 Å². The number of fused-ring (bicyclic) bond motifs is 1. The zero-order valence-electron chi connectivity index (χ0n) is 15.6. The van der Waals surface area contributed by atoms with Crippen LogP contribution in [0.2, 0.25) is 0 Å². The minimum atomic E-state index is 0. The van der Waals surface area contributed by atoms with Crippen LogP contribution in [0.3, 0.4) is 0 Å². The molecule has 1 N–H and O–H groups in total. The minimum Gasteiger partial charge on any atom is -0.336 e. The van der Waals surface area contributed by atoms with Crippen molar-refractivity contribution in [2.75, 3.05) is 13.1 Å². The summed E-state index contributed by atoms with van der Waals surface area (Å²) in [5.41, 5.74) is 3.07. The minimum absolute atomic E-state index is 0. The van der Waals surface area contributed by atoms with Gasteiger partial charge in [-0.3, -0.25) is 4.79 Å². The average molecular weight is 379 g/mol. The van der Waals surface area contributed by atoms with Crippen LogP contribution in [0, 0.1) is 0 Å². The lowest BCUT2D eigenvalue weighted by molar-refractivity contribution is 0.0604. The Kier molecular flexibility index (Phi) is 5.53. The first-order valence-electron chi connectivity index (χ1n) is 9.43. The van der Waals surface area contributed by atoms with Crippen LogP contribution in [-0.2, 0) is 6.42 Å². The molecule has 4 rings (SSSR count). The van der Waals surface area contributed by atoms with Crippen LogP contribution in [-0.4, -0.2) is 46.1 Å². The van der Waals surface area contributed by atoms with Gasteiger partial charge in [-0.1, -0.05) is 18.5 Å². The molecule has 26 heavy (non-hydrogen) atoms. The van der Waals surface area contributed by atoms with E-state index in [-0.39, 0.29) is 30.4 Å². The number of aryl methyl sites for hydroxylation is 1. The lowest BCUT2D eigenvalue weighted by Crippen LogP contribution is -2.57. The molecule has 0 spiro atoms. The SMILES string of the molecule is CCCc1noc2nc(C3CC3)cc(C(=O)N3CCNC(C)C3C)c12.Cl. The Hall–Kier alpha value is -1.66. The summed E-state index contributed by atoms with van der Waals surface area (Å²) in [5, 5.41) is 8.46. The highest BCUT2D eigenvalue weighted by Gasteiger charge is 2.33. The molecule has 1 saturated heterocycles. The van der Waals surface area contributed by atoms with Crippen molar-refractivity contribution in [3.8, 4) is 0 Å². The summed E-state index contributed by atoms with van der Waals surface area (Å²) in [6.07, 6.45) is 4.04. The molecule has 2 unspecified atom stereocenters. The van der Waals surface area contributed by atoms with Crippen molar-refractivity contribution in [3.05, 3.63) is 23.0 Å². The quantitative estimate of drug-likeness (QED) is 0.883. The van der Waals surface area contributed by atoms with Gasteiger partial charge in [0.2, 0.25) is 0 Å². The first-order chi connectivity index (χ1) is 12.1. The Morgan fingerprint density at radius 3 is 2.85 bits per heavy atom. The van der Waals surface area contributed by atoms with E-state index in [2.05, 4.69) is 36.2 Å². The Labute approximate surface area is 160 Å². The molecular weight excluding hydrogens is 352 g/mol. The number of rotatable bonds is 4. The molecular formula is C19H27ClN4O2. The number of hydrogen-bond acceptors (Lipinski definition) is 5. The third-order valence-electron chi connectivity index (χ3n) is 5.54. The molecule has 7 heteroatoms. The van der Waals surface area contributed by atoms with E-state index in [9.17, 15) is 4.79 Å². The van der Waals surface area contributed by atoms with E-state index in [1.165, 1.54) is 0 Å². The summed E-state index contributed by atoms with van der Waals surface area (Å²) in [4.78, 5) is 20.1. The molecule has 3 heterocycles. The van der Waals surface area contributed by atoms with Crippen LogP contribution in [0.15, 0.2) is 10.6 Å². The summed E-state index contributed by atoms with van der Waals surface area (Å²) >= 11 is 0. The van der Waals surface area contributed by atoms with Crippen molar-refractivity contribution >= 4 is 29.4 Å². The molecule has 2 atom stereocenters. The van der Waals surface area contributed by atoms with Gasteiger partial charge in [0.15, 0.2) is 0 Å². The van der Waals surface area contributed by atoms with Crippen LogP contribution < -0.4 is 5.32 Å². The molecule has 142 valence electrons. The fourth-order valence-electron chi connectivity index (χ4n) is 3.69. The van der Waals surface area contributed by atoms with Crippen LogP contribution >= 0.6 is 12.4 Å². The molecule has 6 nitrogen and oxygen atoms in total. The maximum Gasteiger partial charge on any atom is 0.259 e. The second-order valence-electron chi connectivity index (χ2n) is 7.41. The zero-order chi connectivity index (χ0) is 17.6. The number of aromatic nitrogens is 2. The van der Waals surface area contributed by atoms with Gasteiger partial charge in [0.05, 0.1) is 16.6 Å². The second kappa shape index (κ2) is 7.53. The average Bonchev–Trinajstić information content (AvgIpc) is 3.38. The van der Waals surface area contributed by atoms with Gasteiger partial charge in [0, 0.05) is 36.8 Å². The summed E-state index contributed by atoms with van der Waals surface area (Å²) in [6, 6.07) is 2.44. The molecule has 2 aliphatic rings. The normalized spacial score (nSPS) is 23.1. The predicted molar refractivity (Wildman–Crippen MR) is 103 cm³/mol. The van der Waals surface area contributed by atoms with Gasteiger partial charge in [0.1, 0.15) is 0 Å². The van der Waals surface area contributed by atoms with Crippen molar-refractivity contribution in [2.24, 2.45) is 0 Å². The lowest BCUT2D eigenvalue weighted by Gasteiger charge is -2.38. The van der Waals surface area contributed by atoms with Gasteiger partial charge in [-0.25, -0.2) is 4.98 Å². The van der Waals surface area contributed by atoms with E-state index in [4.69, 9.17) is 4.52 Å². The maximum absolute atomic E-state index is 13.4. The van der Waals surface area contributed by atoms with Crippen molar-refractivity contribution in [1.82, 2.24) is 20.4 Å². The number of carbonyl (C=O) groups excluding carboxylic acids is 1. The number of nitrogens with zero attached hydrogens (tertiary/aromatic N) is 3. The Bertz CT molecular complexity index is 802. The number of halogens is 1. The van der Waals surface area contributed by atoms with Crippen LogP contribution in [0.1, 0.15) is 67.7 Å². The number of carbonyl (C=O) groups is 1. The topological polar surface area (TPSA) is 71.3 Å². The Balaban J connectivity index is 0.00000196. The van der Waals surface area contributed by atoms with Crippen LogP contribution in [0.5, 0.6) is 0 Å². The van der Waals surface area contributed by atoms with Gasteiger partial charge in [-0.05, 0) is 39.2 Å². The fourth-order valence-corrected chi connectivity index (χ4v) is 3.69. The highest BCUT2D eigenvalue weighted by Crippen LogP contribution is 2.40. The molecule has 1 aliphatic carbocycles. The van der Waals surface area contributed by atoms with E-state index >= 15 is 0 Å². The maximum atomic E-state index is 13.4. The summed E-state index contributed by atoms with van der Waals surface area (Å²) in [5.74, 6) is 0.547. The second-order valence-corrected chi connectivity index (χ2v) is 7.41. The van der Waals surface area contributed by atoms with E-state index in [1.807, 2.05) is 11.0 Å². The van der Waals surface area contributed by atoms with Gasteiger partial charge in [-0.15, -0.1) is 12.4 Å². The first kappa shape index (κ1) is 19.1. The number of piperazine rings is 1. The smallest absolute Gasteiger partial charge is 0.259 e. The van der Waals surface area contributed by atoms with E-state index in [0.29, 0.717) is 11.6 Å². The summed E-state index contributed by atoms with van der Waals surface area (Å²) < 4.78 is 5.50. The third-order valence-corrected chi connectivity index (χ3v) is 5.54. The Morgan fingerprint density at radius 1 is 1.38 bits per heavy atom. The first-order valence-corrected chi connectivity index (χ1v) is 9.43. The number of nitrogens with one attached hydrogen (secondary N) is 1. The predicted octanol–water partition coefficient (Wildman–Crippen LogP) is 3.30. The van der Waals surface area contributed by atoms with Gasteiger partial charge in [0.25, 0.3) is 11.6 Å². The molecule has 2 aromatic heterocycles. The number of hydrogen-bond donors (Lipinski definition) is 1. The van der Waals surface area contributed by atoms with E-state index in [1.54, 1.807) is 0 Å². The van der Waals surface area contributed by atoms with Crippen molar-refractivity contribution in [1.29, 1.82) is 0 Å². The monoisotopic (exact) mass is 378 g/mol. The van der Waals surface area contributed by atoms with E-state index in [0.717, 1.165) is 61.1 Å². The largest absolute Gasteiger partial charge is 0.336 e. The Morgan fingerprint density at radius 2 is 2.15 bits per heavy atom. The highest BCUT2D eigenvalue weighted by atomic mass is 35.5. The third kappa shape index (κ3) is 3.32. The molecule has 1 amide bonds. The molecule has 2 aromatic rings. The molecule has 0 radical (unpaired) electrons. The van der Waals surface area contributed by atoms with Crippen molar-refractivity contribution in [3.63, 3.8) is 0 Å².